The normalized spacial score (nSPS) is 11.3. The van der Waals surface area contributed by atoms with E-state index in [0.29, 0.717) is 0 Å². The first kappa shape index (κ1) is 15.1. The molecule has 1 unspecified atom stereocenters. The summed E-state index contributed by atoms with van der Waals surface area (Å²) in [5.74, 6) is 0.772. The highest BCUT2D eigenvalue weighted by atomic mass is 32.1. The molecular formula is C14H25OPS. The summed E-state index contributed by atoms with van der Waals surface area (Å²) >= 11 is 2.00. The van der Waals surface area contributed by atoms with Gasteiger partial charge in [0.1, 0.15) is 0 Å². The van der Waals surface area contributed by atoms with Crippen LogP contribution in [0.2, 0.25) is 0 Å². The van der Waals surface area contributed by atoms with Gasteiger partial charge in [0.15, 0.2) is 0 Å². The van der Waals surface area contributed by atoms with E-state index < -0.39 is 0 Å². The van der Waals surface area contributed by atoms with Crippen molar-refractivity contribution in [2.45, 2.75) is 52.4 Å². The second kappa shape index (κ2) is 9.08. The Kier molecular flexibility index (Phi) is 8.09. The standard InChI is InChI=1S/C14H25OPS/c1-12(2)11-14-9-8-13(17-14)7-5-3-4-6-10-15-16/h8-9,12H,3-7,10-11,16H2,1-2H3. The molecule has 1 atom stereocenters. The molecule has 1 nitrogen and oxygen atoms in total. The van der Waals surface area contributed by atoms with Crippen molar-refractivity contribution in [1.82, 2.24) is 0 Å². The summed E-state index contributed by atoms with van der Waals surface area (Å²) in [6.07, 6.45) is 7.61. The lowest BCUT2D eigenvalue weighted by Gasteiger charge is -2.01. The highest BCUT2D eigenvalue weighted by Gasteiger charge is 2.02. The Hall–Kier alpha value is 0.0900. The summed E-state index contributed by atoms with van der Waals surface area (Å²) in [6.45, 7) is 5.45. The summed E-state index contributed by atoms with van der Waals surface area (Å²) in [7, 11) is 2.31. The van der Waals surface area contributed by atoms with Crippen LogP contribution >= 0.6 is 20.8 Å². The Balaban J connectivity index is 2.12. The monoisotopic (exact) mass is 272 g/mol. The topological polar surface area (TPSA) is 9.23 Å². The summed E-state index contributed by atoms with van der Waals surface area (Å²) in [5, 5.41) is 0. The average Bonchev–Trinajstić information content (AvgIpc) is 2.70. The van der Waals surface area contributed by atoms with Gasteiger partial charge in [-0.25, -0.2) is 0 Å². The molecule has 98 valence electrons. The van der Waals surface area contributed by atoms with Gasteiger partial charge >= 0.3 is 0 Å². The SMILES string of the molecule is CC(C)Cc1ccc(CCCCCCOP)s1. The number of aryl methyl sites for hydroxylation is 1. The molecule has 1 aromatic heterocycles. The molecule has 0 aliphatic rings. The fraction of sp³-hybridized carbons (Fsp3) is 0.714. The second-order valence-corrected chi connectivity index (χ2v) is 6.59. The maximum atomic E-state index is 4.97. The molecule has 0 aliphatic carbocycles. The lowest BCUT2D eigenvalue weighted by atomic mass is 10.1. The molecule has 0 aromatic carbocycles. The highest BCUT2D eigenvalue weighted by Crippen LogP contribution is 2.21. The van der Waals surface area contributed by atoms with Crippen LogP contribution in [-0.4, -0.2) is 6.61 Å². The van der Waals surface area contributed by atoms with E-state index >= 15 is 0 Å². The smallest absolute Gasteiger partial charge is 0.0501 e. The second-order valence-electron chi connectivity index (χ2n) is 5.00. The lowest BCUT2D eigenvalue weighted by molar-refractivity contribution is 0.353. The predicted molar refractivity (Wildman–Crippen MR) is 80.7 cm³/mol. The quantitative estimate of drug-likeness (QED) is 0.461. The molecule has 0 aliphatic heterocycles. The molecule has 1 rings (SSSR count). The zero-order chi connectivity index (χ0) is 12.5. The largest absolute Gasteiger partial charge is 0.366 e. The molecule has 3 heteroatoms. The summed E-state index contributed by atoms with van der Waals surface area (Å²) in [6, 6.07) is 4.62. The van der Waals surface area contributed by atoms with Crippen LogP contribution in [0, 0.1) is 5.92 Å². The summed E-state index contributed by atoms with van der Waals surface area (Å²) in [5.41, 5.74) is 0. The van der Waals surface area contributed by atoms with Crippen LogP contribution in [0.1, 0.15) is 49.3 Å². The minimum atomic E-state index is 0.772. The van der Waals surface area contributed by atoms with Gasteiger partial charge in [-0.15, -0.1) is 11.3 Å². The molecule has 0 bridgehead atoms. The average molecular weight is 272 g/mol. The van der Waals surface area contributed by atoms with E-state index in [1.807, 2.05) is 11.3 Å². The van der Waals surface area contributed by atoms with Gasteiger partial charge in [-0.05, 0) is 43.7 Å². The molecule has 1 heterocycles. The summed E-state index contributed by atoms with van der Waals surface area (Å²) in [4.78, 5) is 3.11. The first-order valence-electron chi connectivity index (χ1n) is 6.61. The maximum Gasteiger partial charge on any atom is 0.0501 e. The van der Waals surface area contributed by atoms with Crippen molar-refractivity contribution >= 4 is 20.8 Å². The zero-order valence-corrected chi connectivity index (χ0v) is 13.0. The van der Waals surface area contributed by atoms with E-state index in [9.17, 15) is 0 Å². The van der Waals surface area contributed by atoms with Crippen LogP contribution in [0.15, 0.2) is 12.1 Å². The third-order valence-electron chi connectivity index (χ3n) is 2.76. The van der Waals surface area contributed by atoms with Crippen molar-refractivity contribution in [2.75, 3.05) is 6.61 Å². The van der Waals surface area contributed by atoms with E-state index in [0.717, 1.165) is 12.5 Å². The molecule has 17 heavy (non-hydrogen) atoms. The van der Waals surface area contributed by atoms with Gasteiger partial charge in [0.05, 0.1) is 6.61 Å². The van der Waals surface area contributed by atoms with Crippen molar-refractivity contribution in [3.63, 3.8) is 0 Å². The molecule has 0 fully saturated rings. The van der Waals surface area contributed by atoms with Crippen LogP contribution < -0.4 is 0 Å². The molecule has 0 radical (unpaired) electrons. The minimum absolute atomic E-state index is 0.772. The Labute approximate surface area is 112 Å². The van der Waals surface area contributed by atoms with Crippen LogP contribution in [0.5, 0.6) is 0 Å². The number of thiophene rings is 1. The number of hydrogen-bond donors (Lipinski definition) is 0. The van der Waals surface area contributed by atoms with Crippen molar-refractivity contribution in [1.29, 1.82) is 0 Å². The maximum absolute atomic E-state index is 4.97. The van der Waals surface area contributed by atoms with E-state index in [1.54, 1.807) is 9.75 Å². The van der Waals surface area contributed by atoms with Crippen LogP contribution in [-0.2, 0) is 17.4 Å². The Morgan fingerprint density at radius 1 is 1.12 bits per heavy atom. The van der Waals surface area contributed by atoms with Gasteiger partial charge in [-0.1, -0.05) is 26.7 Å². The zero-order valence-electron chi connectivity index (χ0n) is 11.1. The van der Waals surface area contributed by atoms with Gasteiger partial charge < -0.3 is 4.52 Å². The first-order chi connectivity index (χ1) is 8.22. The lowest BCUT2D eigenvalue weighted by Crippen LogP contribution is -1.89. The van der Waals surface area contributed by atoms with E-state index in [2.05, 4.69) is 35.4 Å². The van der Waals surface area contributed by atoms with Crippen LogP contribution in [0.3, 0.4) is 0 Å². The van der Waals surface area contributed by atoms with E-state index in [-0.39, 0.29) is 0 Å². The third kappa shape index (κ3) is 7.18. The molecule has 0 N–H and O–H groups in total. The Bertz CT molecular complexity index is 296. The molecule has 0 saturated heterocycles. The van der Waals surface area contributed by atoms with Crippen LogP contribution in [0.4, 0.5) is 0 Å². The highest BCUT2D eigenvalue weighted by molar-refractivity contribution is 7.12. The van der Waals surface area contributed by atoms with E-state index in [4.69, 9.17) is 4.52 Å². The van der Waals surface area contributed by atoms with Crippen molar-refractivity contribution in [3.8, 4) is 0 Å². The molecular weight excluding hydrogens is 247 g/mol. The fourth-order valence-electron chi connectivity index (χ4n) is 1.91. The fourth-order valence-corrected chi connectivity index (χ4v) is 3.35. The number of hydrogen-bond acceptors (Lipinski definition) is 2. The third-order valence-corrected chi connectivity index (χ3v) is 4.17. The van der Waals surface area contributed by atoms with E-state index in [1.165, 1.54) is 38.5 Å². The Morgan fingerprint density at radius 3 is 2.53 bits per heavy atom. The van der Waals surface area contributed by atoms with Gasteiger partial charge in [0.2, 0.25) is 0 Å². The van der Waals surface area contributed by atoms with Crippen molar-refractivity contribution in [2.24, 2.45) is 5.92 Å². The van der Waals surface area contributed by atoms with Gasteiger partial charge in [0, 0.05) is 19.2 Å². The van der Waals surface area contributed by atoms with Crippen LogP contribution in [0.25, 0.3) is 0 Å². The van der Waals surface area contributed by atoms with Crippen molar-refractivity contribution in [3.05, 3.63) is 21.9 Å². The first-order valence-corrected chi connectivity index (χ1v) is 7.90. The molecule has 1 aromatic rings. The summed E-state index contributed by atoms with van der Waals surface area (Å²) < 4.78 is 4.97. The van der Waals surface area contributed by atoms with Gasteiger partial charge in [-0.3, -0.25) is 0 Å². The molecule has 0 spiro atoms. The predicted octanol–water partition coefficient (Wildman–Crippen LogP) is 4.86. The van der Waals surface area contributed by atoms with Gasteiger partial charge in [-0.2, -0.15) is 0 Å². The number of rotatable bonds is 9. The molecule has 0 saturated carbocycles. The molecule has 0 amide bonds. The number of unbranched alkanes of at least 4 members (excludes halogenated alkanes) is 3. The van der Waals surface area contributed by atoms with Gasteiger partial charge in [0.25, 0.3) is 0 Å². The Morgan fingerprint density at radius 2 is 1.82 bits per heavy atom. The van der Waals surface area contributed by atoms with Crippen molar-refractivity contribution < 1.29 is 4.52 Å². The minimum Gasteiger partial charge on any atom is -0.366 e.